The van der Waals surface area contributed by atoms with Gasteiger partial charge in [0.25, 0.3) is 0 Å². The number of hydrogen-bond donors (Lipinski definition) is 2. The third-order valence-electron chi connectivity index (χ3n) is 8.90. The maximum atomic E-state index is 11.8. The Hall–Kier alpha value is -3.03. The molecule has 0 bridgehead atoms. The van der Waals surface area contributed by atoms with E-state index >= 15 is 0 Å². The molecule has 0 radical (unpaired) electrons. The topological polar surface area (TPSA) is 123 Å². The molecule has 7 rings (SSSR count). The first-order chi connectivity index (χ1) is 19.1. The Morgan fingerprint density at radius 3 is 2.64 bits per heavy atom. The fourth-order valence-electron chi connectivity index (χ4n) is 6.61. The van der Waals surface area contributed by atoms with Crippen LogP contribution in [0.15, 0.2) is 12.4 Å². The molecule has 6 heterocycles. The molecule has 3 aliphatic heterocycles. The number of nitrogens with zero attached hydrogens (tertiary/aromatic N) is 7. The summed E-state index contributed by atoms with van der Waals surface area (Å²) in [6.45, 7) is 5.34. The van der Waals surface area contributed by atoms with Gasteiger partial charge in [-0.1, -0.05) is 0 Å². The third kappa shape index (κ3) is 4.59. The van der Waals surface area contributed by atoms with Gasteiger partial charge < -0.3 is 25.0 Å². The van der Waals surface area contributed by atoms with Gasteiger partial charge in [0.05, 0.1) is 42.2 Å². The molecule has 2 N–H and O–H groups in total. The molecular formula is C26H35N9O3S. The van der Waals surface area contributed by atoms with Crippen LogP contribution in [0, 0.1) is 6.92 Å². The molecule has 1 aliphatic carbocycles. The second-order valence-corrected chi connectivity index (χ2v) is 11.9. The maximum absolute atomic E-state index is 11.8. The fourth-order valence-corrected chi connectivity index (χ4v) is 7.39. The lowest BCUT2D eigenvalue weighted by molar-refractivity contribution is -0.133. The summed E-state index contributed by atoms with van der Waals surface area (Å²) in [6, 6.07) is 2.15. The summed E-state index contributed by atoms with van der Waals surface area (Å²) in [4.78, 5) is 26.8. The molecule has 208 valence electrons. The summed E-state index contributed by atoms with van der Waals surface area (Å²) < 4.78 is 17.0. The molecule has 3 saturated heterocycles. The van der Waals surface area contributed by atoms with E-state index in [0.717, 1.165) is 92.2 Å². The first-order valence-electron chi connectivity index (χ1n) is 14.0. The molecule has 13 heteroatoms. The van der Waals surface area contributed by atoms with Crippen LogP contribution in [0.25, 0.3) is 10.2 Å². The molecule has 3 aromatic heterocycles. The number of likely N-dealkylation sites (tertiary alicyclic amines) is 2. The molecule has 1 unspecified atom stereocenters. The third-order valence-corrected chi connectivity index (χ3v) is 9.73. The number of rotatable bonds is 6. The van der Waals surface area contributed by atoms with Crippen LogP contribution in [0.3, 0.4) is 0 Å². The van der Waals surface area contributed by atoms with Gasteiger partial charge in [0.2, 0.25) is 5.95 Å². The molecule has 0 aromatic carbocycles. The Balaban J connectivity index is 0.999. The van der Waals surface area contributed by atoms with Crippen molar-refractivity contribution in [3.8, 4) is 0 Å². The lowest BCUT2D eigenvalue weighted by atomic mass is 9.80. The minimum Gasteiger partial charge on any atom is -0.453 e. The highest BCUT2D eigenvalue weighted by atomic mass is 32.1. The number of methoxy groups -OCH3 is 1. The van der Waals surface area contributed by atoms with E-state index in [-0.39, 0.29) is 6.09 Å². The number of carbonyl (C=O) groups is 1. The molecule has 39 heavy (non-hydrogen) atoms. The number of piperazine rings is 1. The largest absolute Gasteiger partial charge is 0.453 e. The van der Waals surface area contributed by atoms with Crippen molar-refractivity contribution in [1.29, 1.82) is 0 Å². The second kappa shape index (κ2) is 10.2. The first kappa shape index (κ1) is 25.0. The van der Waals surface area contributed by atoms with E-state index in [4.69, 9.17) is 19.4 Å². The SMILES string of the molecule is COC(=O)N1CC2[C@@H]1CN2[C@H]1CC[C@H](Nc2nc(Nc3cnn(C4CCOCC4)c3)nc3snc(C)c23)CC1. The van der Waals surface area contributed by atoms with Gasteiger partial charge in [-0.15, -0.1) is 0 Å². The van der Waals surface area contributed by atoms with Crippen molar-refractivity contribution in [3.63, 3.8) is 0 Å². The average molecular weight is 554 g/mol. The summed E-state index contributed by atoms with van der Waals surface area (Å²) >= 11 is 1.41. The molecule has 0 spiro atoms. The van der Waals surface area contributed by atoms with Crippen LogP contribution in [0.1, 0.15) is 50.3 Å². The Labute approximate surface area is 231 Å². The Morgan fingerprint density at radius 1 is 1.08 bits per heavy atom. The van der Waals surface area contributed by atoms with Crippen molar-refractivity contribution in [2.24, 2.45) is 0 Å². The zero-order chi connectivity index (χ0) is 26.5. The number of carbonyl (C=O) groups excluding carboxylic acids is 1. The summed E-state index contributed by atoms with van der Waals surface area (Å²) in [7, 11) is 1.46. The summed E-state index contributed by atoms with van der Waals surface area (Å²) in [6.07, 6.45) is 10.1. The number of aryl methyl sites for hydroxylation is 1. The van der Waals surface area contributed by atoms with Crippen molar-refractivity contribution in [3.05, 3.63) is 18.1 Å². The van der Waals surface area contributed by atoms with Crippen molar-refractivity contribution in [1.82, 2.24) is 33.9 Å². The van der Waals surface area contributed by atoms with E-state index in [1.807, 2.05) is 28.9 Å². The predicted octanol–water partition coefficient (Wildman–Crippen LogP) is 3.54. The van der Waals surface area contributed by atoms with Crippen LogP contribution in [0.2, 0.25) is 0 Å². The predicted molar refractivity (Wildman–Crippen MR) is 148 cm³/mol. The number of amides is 1. The lowest BCUT2D eigenvalue weighted by Crippen LogP contribution is -2.81. The molecule has 4 aliphatic rings. The smallest absolute Gasteiger partial charge is 0.409 e. The van der Waals surface area contributed by atoms with Gasteiger partial charge in [0.1, 0.15) is 5.82 Å². The summed E-state index contributed by atoms with van der Waals surface area (Å²) in [5.74, 6) is 1.41. The van der Waals surface area contributed by atoms with Gasteiger partial charge in [0, 0.05) is 50.6 Å². The number of aromatic nitrogens is 5. The van der Waals surface area contributed by atoms with Gasteiger partial charge in [-0.25, -0.2) is 4.79 Å². The highest BCUT2D eigenvalue weighted by Gasteiger charge is 2.55. The molecule has 12 nitrogen and oxygen atoms in total. The minimum absolute atomic E-state index is 0.194. The van der Waals surface area contributed by atoms with Crippen molar-refractivity contribution in [2.45, 2.75) is 75.7 Å². The zero-order valence-corrected chi connectivity index (χ0v) is 23.2. The van der Waals surface area contributed by atoms with Crippen LogP contribution in [-0.2, 0) is 9.47 Å². The highest BCUT2D eigenvalue weighted by Crippen LogP contribution is 2.40. The Kier molecular flexibility index (Phi) is 6.52. The number of anilines is 3. The van der Waals surface area contributed by atoms with Crippen molar-refractivity contribution >= 4 is 45.3 Å². The first-order valence-corrected chi connectivity index (χ1v) is 14.7. The van der Waals surface area contributed by atoms with Crippen LogP contribution in [-0.4, -0.2) is 97.6 Å². The monoisotopic (exact) mass is 553 g/mol. The molecule has 1 saturated carbocycles. The summed E-state index contributed by atoms with van der Waals surface area (Å²) in [5, 5.41) is 12.7. The van der Waals surface area contributed by atoms with E-state index in [2.05, 4.69) is 25.0 Å². The molecule has 4 fully saturated rings. The van der Waals surface area contributed by atoms with Crippen molar-refractivity contribution < 1.29 is 14.3 Å². The normalized spacial score (nSPS) is 27.5. The van der Waals surface area contributed by atoms with Crippen LogP contribution in [0.4, 0.5) is 22.2 Å². The second-order valence-electron chi connectivity index (χ2n) is 11.1. The quantitative estimate of drug-likeness (QED) is 0.469. The van der Waals surface area contributed by atoms with Crippen LogP contribution >= 0.6 is 11.5 Å². The number of hydrogen-bond acceptors (Lipinski definition) is 11. The van der Waals surface area contributed by atoms with E-state index < -0.39 is 0 Å². The Bertz CT molecular complexity index is 1350. The van der Waals surface area contributed by atoms with Gasteiger partial charge in [-0.2, -0.15) is 19.4 Å². The minimum atomic E-state index is -0.194. The van der Waals surface area contributed by atoms with E-state index in [1.54, 1.807) is 0 Å². The van der Waals surface area contributed by atoms with Crippen LogP contribution in [0.5, 0.6) is 0 Å². The maximum Gasteiger partial charge on any atom is 0.409 e. The van der Waals surface area contributed by atoms with Gasteiger partial charge >= 0.3 is 6.09 Å². The molecule has 3 aromatic rings. The van der Waals surface area contributed by atoms with Gasteiger partial charge in [0.15, 0.2) is 4.83 Å². The van der Waals surface area contributed by atoms with E-state index in [1.165, 1.54) is 18.6 Å². The van der Waals surface area contributed by atoms with E-state index in [0.29, 0.717) is 36.2 Å². The molecular weight excluding hydrogens is 518 g/mol. The zero-order valence-electron chi connectivity index (χ0n) is 22.4. The van der Waals surface area contributed by atoms with Crippen LogP contribution < -0.4 is 10.6 Å². The lowest BCUT2D eigenvalue weighted by Gasteiger charge is -2.63. The number of fused-ring (bicyclic) bond motifs is 2. The Morgan fingerprint density at radius 2 is 1.90 bits per heavy atom. The van der Waals surface area contributed by atoms with E-state index in [9.17, 15) is 4.79 Å². The summed E-state index contributed by atoms with van der Waals surface area (Å²) in [5.41, 5.74) is 1.83. The number of ether oxygens (including phenoxy) is 2. The average Bonchev–Trinajstić information content (AvgIpc) is 3.57. The van der Waals surface area contributed by atoms with Crippen molar-refractivity contribution in [2.75, 3.05) is 44.0 Å². The van der Waals surface area contributed by atoms with Gasteiger partial charge in [-0.05, 0) is 57.0 Å². The highest BCUT2D eigenvalue weighted by molar-refractivity contribution is 7.13. The van der Waals surface area contributed by atoms with Gasteiger partial charge in [-0.3, -0.25) is 9.58 Å². The standard InChI is InChI=1S/C26H35N9O3S/c1-15-22-23(28-16-3-5-18(6-4-16)33-13-21-20(33)14-34(21)26(36)37-2)30-25(31-24(22)39-32-15)29-17-11-27-35(12-17)19-7-9-38-10-8-19/h11-12,16,18-21H,3-10,13-14H2,1-2H3,(H2,28,29,30,31)/t16-,18-,20?,21-/m0/s1. The fraction of sp³-hybridized carbons (Fsp3) is 0.654. The molecule has 2 atom stereocenters. The number of nitrogens with one attached hydrogen (secondary N) is 2. The molecule has 1 amide bonds.